The molecular formula is C11H11ClN2OS. The molecule has 1 saturated carbocycles. The average Bonchev–Trinajstić information content (AvgIpc) is 2.74. The molecule has 0 amide bonds. The van der Waals surface area contributed by atoms with E-state index in [4.69, 9.17) is 11.6 Å². The lowest BCUT2D eigenvalue weighted by Gasteiger charge is -2.06. The van der Waals surface area contributed by atoms with Crippen LogP contribution in [0.25, 0.3) is 10.6 Å². The lowest BCUT2D eigenvalue weighted by Crippen LogP contribution is -2.13. The number of hydrogen-bond donors (Lipinski definition) is 2. The number of aliphatic hydroxyl groups excluding tert-OH is 1. The number of hydrogen-bond acceptors (Lipinski definition) is 3. The summed E-state index contributed by atoms with van der Waals surface area (Å²) in [7, 11) is 0. The van der Waals surface area contributed by atoms with E-state index < -0.39 is 0 Å². The van der Waals surface area contributed by atoms with E-state index in [1.165, 1.54) is 11.3 Å². The Kier molecular flexibility index (Phi) is 2.31. The summed E-state index contributed by atoms with van der Waals surface area (Å²) in [6.07, 6.45) is 3.84. The van der Waals surface area contributed by atoms with Crippen LogP contribution in [0, 0.1) is 0 Å². The van der Waals surface area contributed by atoms with Gasteiger partial charge in [-0.15, -0.1) is 11.3 Å². The molecule has 0 spiro atoms. The van der Waals surface area contributed by atoms with E-state index in [2.05, 4.69) is 9.97 Å². The zero-order valence-electron chi connectivity index (χ0n) is 8.53. The number of aromatic amines is 1. The highest BCUT2D eigenvalue weighted by Crippen LogP contribution is 2.46. The highest BCUT2D eigenvalue weighted by atomic mass is 35.5. The number of rotatable bonds is 3. The predicted octanol–water partition coefficient (Wildman–Crippen LogP) is 2.82. The first kappa shape index (κ1) is 10.3. The van der Waals surface area contributed by atoms with Gasteiger partial charge in [-0.3, -0.25) is 0 Å². The normalized spacial score (nSPS) is 17.6. The van der Waals surface area contributed by atoms with Gasteiger partial charge in [-0.05, 0) is 25.0 Å². The fourth-order valence-electron chi connectivity index (χ4n) is 1.80. The number of thiophene rings is 1. The molecule has 0 atom stereocenters. The number of aromatic nitrogens is 2. The molecule has 0 aromatic carbocycles. The Bertz CT molecular complexity index is 516. The third-order valence-electron chi connectivity index (χ3n) is 3.07. The summed E-state index contributed by atoms with van der Waals surface area (Å²) in [5, 5.41) is 9.32. The minimum atomic E-state index is -0.0979. The molecule has 1 fully saturated rings. The van der Waals surface area contributed by atoms with Crippen LogP contribution in [0.5, 0.6) is 0 Å². The Morgan fingerprint density at radius 1 is 1.50 bits per heavy atom. The van der Waals surface area contributed by atoms with Crippen molar-refractivity contribution >= 4 is 22.9 Å². The van der Waals surface area contributed by atoms with Crippen LogP contribution in [-0.2, 0) is 5.41 Å². The van der Waals surface area contributed by atoms with Gasteiger partial charge in [0, 0.05) is 0 Å². The van der Waals surface area contributed by atoms with Crippen molar-refractivity contribution in [3.8, 4) is 10.6 Å². The van der Waals surface area contributed by atoms with Gasteiger partial charge in [0.2, 0.25) is 0 Å². The van der Waals surface area contributed by atoms with Crippen molar-refractivity contribution in [3.05, 3.63) is 28.5 Å². The standard InChI is InChI=1S/C11H11ClN2OS/c12-9-2-1-8(16-9)7-5-13-10(14-7)11(6-15)3-4-11/h1-2,5,15H,3-4,6H2,(H,13,14). The highest BCUT2D eigenvalue weighted by molar-refractivity contribution is 7.19. The second-order valence-corrected chi connectivity index (χ2v) is 5.90. The van der Waals surface area contributed by atoms with Gasteiger partial charge in [-0.1, -0.05) is 11.6 Å². The molecule has 1 aliphatic rings. The minimum Gasteiger partial charge on any atom is -0.395 e. The molecule has 1 aliphatic carbocycles. The molecule has 3 rings (SSSR count). The summed E-state index contributed by atoms with van der Waals surface area (Å²) in [5.41, 5.74) is 0.880. The summed E-state index contributed by atoms with van der Waals surface area (Å²) in [6.45, 7) is 0.172. The fourth-order valence-corrected chi connectivity index (χ4v) is 2.80. The molecule has 2 N–H and O–H groups in total. The van der Waals surface area contributed by atoms with E-state index in [0.29, 0.717) is 0 Å². The number of nitrogens with zero attached hydrogens (tertiary/aromatic N) is 1. The van der Waals surface area contributed by atoms with Gasteiger partial charge in [0.15, 0.2) is 0 Å². The average molecular weight is 255 g/mol. The first-order valence-corrected chi connectivity index (χ1v) is 6.35. The third kappa shape index (κ3) is 1.57. The molecule has 16 heavy (non-hydrogen) atoms. The van der Waals surface area contributed by atoms with Crippen molar-refractivity contribution < 1.29 is 5.11 Å². The summed E-state index contributed by atoms with van der Waals surface area (Å²) >= 11 is 7.42. The van der Waals surface area contributed by atoms with Crippen LogP contribution in [0.2, 0.25) is 4.34 Å². The highest BCUT2D eigenvalue weighted by Gasteiger charge is 2.46. The van der Waals surface area contributed by atoms with E-state index in [0.717, 1.165) is 33.6 Å². The van der Waals surface area contributed by atoms with Gasteiger partial charge in [0.25, 0.3) is 0 Å². The summed E-state index contributed by atoms with van der Waals surface area (Å²) in [5.74, 6) is 0.898. The maximum atomic E-state index is 9.32. The van der Waals surface area contributed by atoms with Crippen LogP contribution in [-0.4, -0.2) is 21.7 Å². The van der Waals surface area contributed by atoms with Crippen molar-refractivity contribution in [1.82, 2.24) is 9.97 Å². The Hall–Kier alpha value is -0.840. The van der Waals surface area contributed by atoms with Gasteiger partial charge in [-0.25, -0.2) is 4.98 Å². The third-order valence-corrected chi connectivity index (χ3v) is 4.34. The van der Waals surface area contributed by atoms with Gasteiger partial charge in [0.1, 0.15) is 5.82 Å². The molecule has 0 bridgehead atoms. The van der Waals surface area contributed by atoms with Crippen LogP contribution in [0.4, 0.5) is 0 Å². The first-order valence-electron chi connectivity index (χ1n) is 5.16. The Morgan fingerprint density at radius 2 is 2.31 bits per heavy atom. The van der Waals surface area contributed by atoms with E-state index in [1.807, 2.05) is 18.3 Å². The van der Waals surface area contributed by atoms with Crippen molar-refractivity contribution in [1.29, 1.82) is 0 Å². The van der Waals surface area contributed by atoms with Crippen molar-refractivity contribution in [3.63, 3.8) is 0 Å². The lowest BCUT2D eigenvalue weighted by molar-refractivity contribution is 0.250. The van der Waals surface area contributed by atoms with Crippen molar-refractivity contribution in [2.75, 3.05) is 6.61 Å². The van der Waals surface area contributed by atoms with Crippen LogP contribution in [0.1, 0.15) is 18.7 Å². The smallest absolute Gasteiger partial charge is 0.115 e. The molecule has 5 heteroatoms. The molecule has 2 aromatic rings. The quantitative estimate of drug-likeness (QED) is 0.885. The van der Waals surface area contributed by atoms with Gasteiger partial charge in [-0.2, -0.15) is 0 Å². The van der Waals surface area contributed by atoms with E-state index in [9.17, 15) is 5.11 Å². The topological polar surface area (TPSA) is 48.9 Å². The largest absolute Gasteiger partial charge is 0.395 e. The monoisotopic (exact) mass is 254 g/mol. The Morgan fingerprint density at radius 3 is 2.88 bits per heavy atom. The second-order valence-electron chi connectivity index (χ2n) is 4.19. The second kappa shape index (κ2) is 3.58. The lowest BCUT2D eigenvalue weighted by atomic mass is 10.1. The number of imidazole rings is 1. The summed E-state index contributed by atoms with van der Waals surface area (Å²) in [4.78, 5) is 8.71. The maximum Gasteiger partial charge on any atom is 0.115 e. The number of aliphatic hydroxyl groups is 1. The van der Waals surface area contributed by atoms with E-state index in [-0.39, 0.29) is 12.0 Å². The minimum absolute atomic E-state index is 0.0979. The number of nitrogens with one attached hydrogen (secondary N) is 1. The molecular weight excluding hydrogens is 244 g/mol. The number of halogens is 1. The Balaban J connectivity index is 1.94. The van der Waals surface area contributed by atoms with Crippen molar-refractivity contribution in [2.24, 2.45) is 0 Å². The molecule has 2 heterocycles. The molecule has 84 valence electrons. The van der Waals surface area contributed by atoms with Crippen LogP contribution in [0.3, 0.4) is 0 Å². The maximum absolute atomic E-state index is 9.32. The molecule has 0 saturated heterocycles. The summed E-state index contributed by atoms with van der Waals surface area (Å²) < 4.78 is 0.773. The van der Waals surface area contributed by atoms with Crippen LogP contribution in [0.15, 0.2) is 18.3 Å². The molecule has 2 aromatic heterocycles. The molecule has 0 unspecified atom stereocenters. The molecule has 0 aliphatic heterocycles. The van der Waals surface area contributed by atoms with Crippen molar-refractivity contribution in [2.45, 2.75) is 18.3 Å². The fraction of sp³-hybridized carbons (Fsp3) is 0.364. The SMILES string of the molecule is OCC1(c2ncc(-c3ccc(Cl)s3)[nH]2)CC1. The Labute approximate surface area is 102 Å². The van der Waals surface area contributed by atoms with Crippen LogP contribution < -0.4 is 0 Å². The summed E-state index contributed by atoms with van der Waals surface area (Å²) in [6, 6.07) is 3.85. The van der Waals surface area contributed by atoms with Gasteiger partial charge in [0.05, 0.1) is 33.1 Å². The molecule has 0 radical (unpaired) electrons. The molecule has 3 nitrogen and oxygen atoms in total. The van der Waals surface area contributed by atoms with E-state index >= 15 is 0 Å². The number of H-pyrrole nitrogens is 1. The zero-order chi connectivity index (χ0) is 11.2. The van der Waals surface area contributed by atoms with Gasteiger partial charge < -0.3 is 10.1 Å². The zero-order valence-corrected chi connectivity index (χ0v) is 10.1. The van der Waals surface area contributed by atoms with E-state index in [1.54, 1.807) is 0 Å². The van der Waals surface area contributed by atoms with Gasteiger partial charge >= 0.3 is 0 Å². The predicted molar refractivity (Wildman–Crippen MR) is 64.9 cm³/mol. The first-order chi connectivity index (χ1) is 7.73. The van der Waals surface area contributed by atoms with Crippen LogP contribution >= 0.6 is 22.9 Å².